The Balaban J connectivity index is 0.00000161. The van der Waals surface area contributed by atoms with Gasteiger partial charge in [-0.25, -0.2) is 0 Å². The van der Waals surface area contributed by atoms with Gasteiger partial charge in [-0.1, -0.05) is 35.5 Å². The predicted octanol–water partition coefficient (Wildman–Crippen LogP) is 2.34. The fraction of sp³-hybridized carbons (Fsp3) is 0.467. The molecule has 0 radical (unpaired) electrons. The van der Waals surface area contributed by atoms with Gasteiger partial charge in [0.25, 0.3) is 0 Å². The van der Waals surface area contributed by atoms with E-state index in [0.717, 1.165) is 25.2 Å². The summed E-state index contributed by atoms with van der Waals surface area (Å²) in [5, 5.41) is 7.58. The highest BCUT2D eigenvalue weighted by molar-refractivity contribution is 5.85. The van der Waals surface area contributed by atoms with Gasteiger partial charge >= 0.3 is 0 Å². The maximum Gasteiger partial charge on any atom is 0.241 e. The number of nitrogens with zero attached hydrogens (tertiary/aromatic N) is 3. The van der Waals surface area contributed by atoms with Crippen molar-refractivity contribution in [2.24, 2.45) is 0 Å². The molecule has 2 atom stereocenters. The maximum atomic E-state index is 5.37. The molecule has 2 aromatic rings. The standard InChI is InChI=1S/C15H20N4O.ClH/c1-11-8-19(9-12(2)16-11)10-14-17-15(18-20-14)13-6-4-3-5-7-13;/h3-7,11-12,16H,8-10H2,1-2H3;1H. The lowest BCUT2D eigenvalue weighted by Crippen LogP contribution is -2.53. The van der Waals surface area contributed by atoms with Gasteiger partial charge in [0.15, 0.2) is 0 Å². The van der Waals surface area contributed by atoms with Crippen LogP contribution in [0.25, 0.3) is 11.4 Å². The van der Waals surface area contributed by atoms with Gasteiger partial charge in [0.1, 0.15) is 0 Å². The Kier molecular flexibility index (Phi) is 5.33. The summed E-state index contributed by atoms with van der Waals surface area (Å²) in [7, 11) is 0. The number of benzene rings is 1. The normalized spacial score (nSPS) is 22.8. The lowest BCUT2D eigenvalue weighted by molar-refractivity contribution is 0.149. The first-order valence-corrected chi connectivity index (χ1v) is 7.07. The molecule has 1 saturated heterocycles. The van der Waals surface area contributed by atoms with Crippen LogP contribution in [0.2, 0.25) is 0 Å². The average molecular weight is 309 g/mol. The van der Waals surface area contributed by atoms with E-state index in [1.807, 2.05) is 30.3 Å². The second kappa shape index (κ2) is 7.02. The first kappa shape index (κ1) is 15.9. The van der Waals surface area contributed by atoms with Crippen molar-refractivity contribution in [1.29, 1.82) is 0 Å². The third-order valence-corrected chi connectivity index (χ3v) is 3.49. The highest BCUT2D eigenvalue weighted by Crippen LogP contribution is 2.16. The molecule has 1 aromatic heterocycles. The van der Waals surface area contributed by atoms with Crippen molar-refractivity contribution in [2.45, 2.75) is 32.5 Å². The van der Waals surface area contributed by atoms with Crippen LogP contribution >= 0.6 is 12.4 Å². The molecule has 21 heavy (non-hydrogen) atoms. The van der Waals surface area contributed by atoms with E-state index in [2.05, 4.69) is 34.2 Å². The predicted molar refractivity (Wildman–Crippen MR) is 84.3 cm³/mol. The Labute approximate surface area is 131 Å². The van der Waals surface area contributed by atoms with E-state index in [1.165, 1.54) is 0 Å². The lowest BCUT2D eigenvalue weighted by atomic mass is 10.1. The quantitative estimate of drug-likeness (QED) is 0.943. The maximum absolute atomic E-state index is 5.37. The van der Waals surface area contributed by atoms with Gasteiger partial charge in [-0.2, -0.15) is 4.98 Å². The Bertz CT molecular complexity index is 550. The molecule has 0 amide bonds. The van der Waals surface area contributed by atoms with E-state index in [1.54, 1.807) is 0 Å². The van der Waals surface area contributed by atoms with Gasteiger partial charge in [-0.3, -0.25) is 4.90 Å². The summed E-state index contributed by atoms with van der Waals surface area (Å²) < 4.78 is 5.37. The van der Waals surface area contributed by atoms with Gasteiger partial charge in [-0.05, 0) is 13.8 Å². The zero-order valence-electron chi connectivity index (χ0n) is 12.3. The van der Waals surface area contributed by atoms with Crippen molar-refractivity contribution in [3.63, 3.8) is 0 Å². The third-order valence-electron chi connectivity index (χ3n) is 3.49. The van der Waals surface area contributed by atoms with Crippen LogP contribution < -0.4 is 5.32 Å². The van der Waals surface area contributed by atoms with Crippen molar-refractivity contribution >= 4 is 12.4 Å². The Hall–Kier alpha value is -1.43. The van der Waals surface area contributed by atoms with E-state index in [4.69, 9.17) is 4.52 Å². The Morgan fingerprint density at radius 2 is 1.86 bits per heavy atom. The van der Waals surface area contributed by atoms with E-state index in [0.29, 0.717) is 23.8 Å². The number of hydrogen-bond acceptors (Lipinski definition) is 5. The minimum absolute atomic E-state index is 0. The number of aromatic nitrogens is 2. The summed E-state index contributed by atoms with van der Waals surface area (Å²) in [5.74, 6) is 1.35. The van der Waals surface area contributed by atoms with E-state index < -0.39 is 0 Å². The number of nitrogens with one attached hydrogen (secondary N) is 1. The number of hydrogen-bond donors (Lipinski definition) is 1. The van der Waals surface area contributed by atoms with Crippen LogP contribution in [0.4, 0.5) is 0 Å². The summed E-state index contributed by atoms with van der Waals surface area (Å²) in [6.45, 7) is 7.13. The fourth-order valence-corrected chi connectivity index (χ4v) is 2.78. The van der Waals surface area contributed by atoms with Gasteiger partial charge in [0.2, 0.25) is 11.7 Å². The van der Waals surface area contributed by atoms with Crippen LogP contribution in [-0.2, 0) is 6.54 Å². The molecule has 0 bridgehead atoms. The summed E-state index contributed by atoms with van der Waals surface area (Å²) >= 11 is 0. The Morgan fingerprint density at radius 1 is 1.19 bits per heavy atom. The summed E-state index contributed by atoms with van der Waals surface area (Å²) in [6.07, 6.45) is 0. The molecule has 6 heteroatoms. The minimum Gasteiger partial charge on any atom is -0.338 e. The number of halogens is 1. The molecule has 1 aliphatic heterocycles. The molecule has 2 heterocycles. The second-order valence-corrected chi connectivity index (χ2v) is 5.54. The van der Waals surface area contributed by atoms with Gasteiger partial charge in [0, 0.05) is 30.7 Å². The van der Waals surface area contributed by atoms with E-state index in [-0.39, 0.29) is 12.4 Å². The van der Waals surface area contributed by atoms with Crippen molar-refractivity contribution in [2.75, 3.05) is 13.1 Å². The van der Waals surface area contributed by atoms with Crippen LogP contribution in [-0.4, -0.2) is 40.2 Å². The fourth-order valence-electron chi connectivity index (χ4n) is 2.78. The number of piperazine rings is 1. The SMILES string of the molecule is CC1CN(Cc2nc(-c3ccccc3)no2)CC(C)N1.Cl. The van der Waals surface area contributed by atoms with E-state index in [9.17, 15) is 0 Å². The summed E-state index contributed by atoms with van der Waals surface area (Å²) in [5.41, 5.74) is 0.990. The van der Waals surface area contributed by atoms with Crippen molar-refractivity contribution in [3.8, 4) is 11.4 Å². The topological polar surface area (TPSA) is 54.2 Å². The molecule has 5 nitrogen and oxygen atoms in total. The van der Waals surface area contributed by atoms with Crippen LogP contribution in [0.5, 0.6) is 0 Å². The molecule has 0 aliphatic carbocycles. The molecule has 3 rings (SSSR count). The first-order chi connectivity index (χ1) is 9.70. The summed E-state index contributed by atoms with van der Waals surface area (Å²) in [4.78, 5) is 6.84. The molecule has 1 fully saturated rings. The highest BCUT2D eigenvalue weighted by atomic mass is 35.5. The van der Waals surface area contributed by atoms with Gasteiger partial charge in [0.05, 0.1) is 6.54 Å². The molecule has 0 spiro atoms. The molecule has 2 unspecified atom stereocenters. The van der Waals surface area contributed by atoms with Crippen molar-refractivity contribution < 1.29 is 4.52 Å². The lowest BCUT2D eigenvalue weighted by Gasteiger charge is -2.35. The zero-order chi connectivity index (χ0) is 13.9. The van der Waals surface area contributed by atoms with Crippen molar-refractivity contribution in [1.82, 2.24) is 20.4 Å². The average Bonchev–Trinajstić information content (AvgIpc) is 2.87. The molecule has 114 valence electrons. The van der Waals surface area contributed by atoms with Crippen LogP contribution in [0.3, 0.4) is 0 Å². The molecule has 1 aliphatic rings. The van der Waals surface area contributed by atoms with Crippen molar-refractivity contribution in [3.05, 3.63) is 36.2 Å². The smallest absolute Gasteiger partial charge is 0.241 e. The molecule has 0 saturated carbocycles. The number of rotatable bonds is 3. The molecular formula is C15H21ClN4O. The molecular weight excluding hydrogens is 288 g/mol. The minimum atomic E-state index is 0. The Morgan fingerprint density at radius 3 is 2.52 bits per heavy atom. The van der Waals surface area contributed by atoms with Crippen LogP contribution in [0, 0.1) is 0 Å². The first-order valence-electron chi connectivity index (χ1n) is 7.07. The molecule has 1 aromatic carbocycles. The van der Waals surface area contributed by atoms with Crippen LogP contribution in [0.15, 0.2) is 34.9 Å². The monoisotopic (exact) mass is 308 g/mol. The van der Waals surface area contributed by atoms with Crippen LogP contribution in [0.1, 0.15) is 19.7 Å². The third kappa shape index (κ3) is 4.03. The highest BCUT2D eigenvalue weighted by Gasteiger charge is 2.22. The zero-order valence-corrected chi connectivity index (χ0v) is 13.1. The van der Waals surface area contributed by atoms with Gasteiger partial charge in [-0.15, -0.1) is 12.4 Å². The summed E-state index contributed by atoms with van der Waals surface area (Å²) in [6, 6.07) is 10.9. The van der Waals surface area contributed by atoms with Gasteiger partial charge < -0.3 is 9.84 Å². The second-order valence-electron chi connectivity index (χ2n) is 5.54. The largest absolute Gasteiger partial charge is 0.338 e. The van der Waals surface area contributed by atoms with E-state index >= 15 is 0 Å². The molecule has 1 N–H and O–H groups in total.